The molecule has 0 radical (unpaired) electrons. The molecule has 0 amide bonds. The van der Waals surface area contributed by atoms with Crippen LogP contribution in [0.2, 0.25) is 0 Å². The fourth-order valence-electron chi connectivity index (χ4n) is 4.89. The van der Waals surface area contributed by atoms with Crippen molar-refractivity contribution in [3.05, 3.63) is 33.4 Å². The Balaban J connectivity index is 1.10. The molecule has 2 saturated heterocycles. The zero-order valence-electron chi connectivity index (χ0n) is 19.8. The number of aliphatic hydroxyl groups is 2. The molecule has 18 heteroatoms. The van der Waals surface area contributed by atoms with Gasteiger partial charge in [0.1, 0.15) is 12.5 Å². The standard InChI is InChI=1S/C20H26N12O6/c21-19-26-15-13(17(35)28-19)23-5-31(15)11-1-7(10(4-33)38-11)30-25-3-9-8(34)2-12(37-9)32-6-24-14-16(32)27-20(22)29-18(14)36/h5-12,25,30,33-34H,1-4H2,(H3,21,26,28,35)(H3,22,27,29,36)/t7-,8-,9+,10+,11+,12+/m0/s1. The lowest BCUT2D eigenvalue weighted by Gasteiger charge is -2.21. The predicted octanol–water partition coefficient (Wildman–Crippen LogP) is -3.19. The van der Waals surface area contributed by atoms with Crippen LogP contribution in [0.15, 0.2) is 22.2 Å². The third-order valence-electron chi connectivity index (χ3n) is 6.73. The molecule has 2 aliphatic heterocycles. The molecule has 38 heavy (non-hydrogen) atoms. The summed E-state index contributed by atoms with van der Waals surface area (Å²) in [5, 5.41) is 20.4. The van der Waals surface area contributed by atoms with Gasteiger partial charge in [0.25, 0.3) is 11.1 Å². The Labute approximate surface area is 212 Å². The number of H-pyrrole nitrogens is 2. The van der Waals surface area contributed by atoms with Gasteiger partial charge in [-0.2, -0.15) is 9.97 Å². The van der Waals surface area contributed by atoms with Crippen molar-refractivity contribution in [1.29, 1.82) is 0 Å². The summed E-state index contributed by atoms with van der Waals surface area (Å²) < 4.78 is 15.1. The maximum atomic E-state index is 12.1. The Hall–Kier alpha value is -3.94. The molecular formula is C20H26N12O6. The number of fused-ring (bicyclic) bond motifs is 2. The molecule has 4 aromatic rings. The fourth-order valence-corrected chi connectivity index (χ4v) is 4.89. The molecule has 18 nitrogen and oxygen atoms in total. The number of imidazole rings is 2. The minimum Gasteiger partial charge on any atom is -0.394 e. The van der Waals surface area contributed by atoms with E-state index in [0.717, 1.165) is 0 Å². The van der Waals surface area contributed by atoms with Gasteiger partial charge in [-0.15, -0.1) is 0 Å². The topological polar surface area (TPSA) is 262 Å². The summed E-state index contributed by atoms with van der Waals surface area (Å²) in [6.45, 7) is -0.0343. The van der Waals surface area contributed by atoms with Crippen LogP contribution in [0.3, 0.4) is 0 Å². The zero-order valence-corrected chi connectivity index (χ0v) is 19.8. The van der Waals surface area contributed by atoms with E-state index in [4.69, 9.17) is 20.9 Å². The minimum absolute atomic E-state index is 0.0412. The first-order valence-corrected chi connectivity index (χ1v) is 11.8. The second-order valence-electron chi connectivity index (χ2n) is 9.16. The van der Waals surface area contributed by atoms with Crippen LogP contribution in [0.5, 0.6) is 0 Å². The SMILES string of the molecule is Nc1nc2c(ncn2[C@H]2C[C@H](NNC[C@H]3O[C@@H](n4cnc5c(=O)[nH]c(N)nc54)C[C@@H]3O)[C@@H](CO)O2)c(=O)[nH]1. The van der Waals surface area contributed by atoms with E-state index in [1.807, 2.05) is 0 Å². The number of nitrogens with zero attached hydrogens (tertiary/aromatic N) is 6. The molecule has 4 aromatic heterocycles. The summed E-state index contributed by atoms with van der Waals surface area (Å²) in [5.74, 6) is -0.0871. The van der Waals surface area contributed by atoms with Crippen LogP contribution in [0, 0.1) is 0 Å². The summed E-state index contributed by atoms with van der Waals surface area (Å²) >= 11 is 0. The molecule has 202 valence electrons. The van der Waals surface area contributed by atoms with E-state index in [1.54, 1.807) is 9.13 Å². The molecule has 0 spiro atoms. The Kier molecular flexibility index (Phi) is 6.05. The smallest absolute Gasteiger partial charge is 0.280 e. The van der Waals surface area contributed by atoms with Crippen molar-refractivity contribution in [2.24, 2.45) is 0 Å². The highest BCUT2D eigenvalue weighted by Crippen LogP contribution is 2.31. The molecular weight excluding hydrogens is 504 g/mol. The Morgan fingerprint density at radius 2 is 1.50 bits per heavy atom. The van der Waals surface area contributed by atoms with Crippen molar-refractivity contribution in [2.75, 3.05) is 24.6 Å². The normalized spacial score (nSPS) is 27.6. The van der Waals surface area contributed by atoms with Crippen LogP contribution < -0.4 is 33.4 Å². The number of ether oxygens (including phenoxy) is 2. The number of nitrogens with two attached hydrogens (primary N) is 2. The van der Waals surface area contributed by atoms with Crippen LogP contribution in [0.1, 0.15) is 25.3 Å². The molecule has 0 saturated carbocycles. The average Bonchev–Trinajstić information content (AvgIpc) is 3.64. The summed E-state index contributed by atoms with van der Waals surface area (Å²) in [5.41, 5.74) is 17.4. The van der Waals surface area contributed by atoms with Crippen molar-refractivity contribution in [3.63, 3.8) is 0 Å². The predicted molar refractivity (Wildman–Crippen MR) is 130 cm³/mol. The fraction of sp³-hybridized carbons (Fsp3) is 0.500. The highest BCUT2D eigenvalue weighted by Gasteiger charge is 2.38. The Bertz CT molecular complexity index is 1590. The van der Waals surface area contributed by atoms with E-state index in [-0.39, 0.29) is 59.8 Å². The number of aromatic nitrogens is 8. The first-order chi connectivity index (χ1) is 18.3. The molecule has 0 aliphatic carbocycles. The van der Waals surface area contributed by atoms with Gasteiger partial charge in [0.2, 0.25) is 11.9 Å². The van der Waals surface area contributed by atoms with Gasteiger partial charge in [0.15, 0.2) is 22.3 Å². The quantitative estimate of drug-likeness (QED) is 0.109. The van der Waals surface area contributed by atoms with E-state index < -0.39 is 41.9 Å². The lowest BCUT2D eigenvalue weighted by Crippen LogP contribution is -2.49. The van der Waals surface area contributed by atoms with Crippen molar-refractivity contribution in [3.8, 4) is 0 Å². The number of hydrazine groups is 1. The number of rotatable bonds is 7. The van der Waals surface area contributed by atoms with Gasteiger partial charge in [-0.05, 0) is 0 Å². The van der Waals surface area contributed by atoms with Gasteiger partial charge in [-0.25, -0.2) is 9.97 Å². The Morgan fingerprint density at radius 3 is 2.08 bits per heavy atom. The van der Waals surface area contributed by atoms with E-state index in [0.29, 0.717) is 6.42 Å². The summed E-state index contributed by atoms with van der Waals surface area (Å²) in [7, 11) is 0. The molecule has 2 aliphatic rings. The van der Waals surface area contributed by atoms with E-state index >= 15 is 0 Å². The molecule has 2 fully saturated rings. The van der Waals surface area contributed by atoms with Crippen LogP contribution in [0.4, 0.5) is 11.9 Å². The van der Waals surface area contributed by atoms with Crippen molar-refractivity contribution >= 4 is 34.2 Å². The zero-order chi connectivity index (χ0) is 26.6. The summed E-state index contributed by atoms with van der Waals surface area (Å²) in [6, 6.07) is -0.326. The Morgan fingerprint density at radius 1 is 0.947 bits per heavy atom. The maximum Gasteiger partial charge on any atom is 0.280 e. The van der Waals surface area contributed by atoms with Gasteiger partial charge in [-0.3, -0.25) is 39.5 Å². The summed E-state index contributed by atoms with van der Waals surface area (Å²) in [4.78, 5) is 45.4. The van der Waals surface area contributed by atoms with E-state index in [9.17, 15) is 19.8 Å². The molecule has 0 unspecified atom stereocenters. The maximum absolute atomic E-state index is 12.1. The first kappa shape index (κ1) is 24.4. The minimum atomic E-state index is -0.806. The van der Waals surface area contributed by atoms with Crippen LogP contribution >= 0.6 is 0 Å². The highest BCUT2D eigenvalue weighted by atomic mass is 16.5. The monoisotopic (exact) mass is 530 g/mol. The number of aromatic amines is 2. The third kappa shape index (κ3) is 4.18. The van der Waals surface area contributed by atoms with Gasteiger partial charge in [-0.1, -0.05) is 0 Å². The van der Waals surface area contributed by atoms with Crippen molar-refractivity contribution < 1.29 is 19.7 Å². The van der Waals surface area contributed by atoms with Gasteiger partial charge in [0, 0.05) is 19.4 Å². The number of hydrogen-bond donors (Lipinski definition) is 8. The van der Waals surface area contributed by atoms with Gasteiger partial charge >= 0.3 is 0 Å². The summed E-state index contributed by atoms with van der Waals surface area (Å²) in [6.07, 6.45) is 0.415. The molecule has 0 aromatic carbocycles. The average molecular weight is 531 g/mol. The number of anilines is 2. The number of nitrogen functional groups attached to an aromatic ring is 2. The second-order valence-corrected chi connectivity index (χ2v) is 9.16. The first-order valence-electron chi connectivity index (χ1n) is 11.8. The lowest BCUT2D eigenvalue weighted by molar-refractivity contribution is -0.0294. The van der Waals surface area contributed by atoms with Gasteiger partial charge in [0.05, 0.1) is 43.6 Å². The molecule has 6 heterocycles. The highest BCUT2D eigenvalue weighted by molar-refractivity contribution is 5.71. The van der Waals surface area contributed by atoms with Crippen molar-refractivity contribution in [1.82, 2.24) is 49.9 Å². The van der Waals surface area contributed by atoms with Crippen LogP contribution in [-0.2, 0) is 9.47 Å². The van der Waals surface area contributed by atoms with E-state index in [1.165, 1.54) is 12.7 Å². The third-order valence-corrected chi connectivity index (χ3v) is 6.73. The van der Waals surface area contributed by atoms with Crippen LogP contribution in [-0.4, -0.2) is 86.8 Å². The number of aliphatic hydroxyl groups excluding tert-OH is 2. The largest absolute Gasteiger partial charge is 0.394 e. The van der Waals surface area contributed by atoms with E-state index in [2.05, 4.69) is 40.8 Å². The lowest BCUT2D eigenvalue weighted by atomic mass is 10.1. The van der Waals surface area contributed by atoms with Crippen molar-refractivity contribution in [2.45, 2.75) is 49.7 Å². The number of nitrogens with one attached hydrogen (secondary N) is 4. The number of hydrogen-bond acceptors (Lipinski definition) is 14. The molecule has 6 rings (SSSR count). The molecule has 0 bridgehead atoms. The second kappa shape index (κ2) is 9.42. The molecule has 10 N–H and O–H groups in total. The van der Waals surface area contributed by atoms with Crippen LogP contribution in [0.25, 0.3) is 22.3 Å². The van der Waals surface area contributed by atoms with Gasteiger partial charge < -0.3 is 31.2 Å². The molecule has 6 atom stereocenters.